The second-order valence-corrected chi connectivity index (χ2v) is 1.78. The molecule has 1 N–H and O–H groups in total. The zero-order valence-corrected chi connectivity index (χ0v) is 4.54. The van der Waals surface area contributed by atoms with E-state index in [1.54, 1.807) is 0 Å². The van der Waals surface area contributed by atoms with Crippen molar-refractivity contribution in [3.05, 3.63) is 0 Å². The molecule has 0 saturated carbocycles. The number of carboxylic acid groups (broad SMARTS) is 1. The Kier molecular flexibility index (Phi) is 2.75. The zero-order chi connectivity index (χ0) is 5.86. The maximum atomic E-state index is 11.6. The lowest BCUT2D eigenvalue weighted by molar-refractivity contribution is -0.139. The Morgan fingerprint density at radius 2 is 2.43 bits per heavy atom. The highest BCUT2D eigenvalue weighted by Crippen LogP contribution is 2.05. The van der Waals surface area contributed by atoms with Gasteiger partial charge in [-0.1, -0.05) is 0 Å². The standard InChI is InChI=1S/C3H5FO2S/c1-7-2(4)3(5)6/h2H,1H3,(H,5,6). The molecule has 4 heteroatoms. The molecule has 0 aliphatic rings. The van der Waals surface area contributed by atoms with Gasteiger partial charge in [0, 0.05) is 0 Å². The maximum Gasteiger partial charge on any atom is 0.348 e. The van der Waals surface area contributed by atoms with E-state index < -0.39 is 11.5 Å². The molecule has 0 aliphatic heterocycles. The number of hydrogen-bond acceptors (Lipinski definition) is 2. The van der Waals surface area contributed by atoms with Gasteiger partial charge in [-0.25, -0.2) is 9.18 Å². The average molecular weight is 124 g/mol. The van der Waals surface area contributed by atoms with Crippen LogP contribution in [0.4, 0.5) is 4.39 Å². The molecule has 0 aromatic carbocycles. The second-order valence-electron chi connectivity index (χ2n) is 0.890. The Morgan fingerprint density at radius 3 is 2.43 bits per heavy atom. The van der Waals surface area contributed by atoms with Crippen LogP contribution in [0.25, 0.3) is 0 Å². The van der Waals surface area contributed by atoms with Crippen molar-refractivity contribution in [2.24, 2.45) is 0 Å². The SMILES string of the molecule is CSC(F)C(=O)O. The predicted molar refractivity (Wildman–Crippen MR) is 26.0 cm³/mol. The van der Waals surface area contributed by atoms with Crippen molar-refractivity contribution in [2.45, 2.75) is 5.50 Å². The molecule has 7 heavy (non-hydrogen) atoms. The summed E-state index contributed by atoms with van der Waals surface area (Å²) in [5.41, 5.74) is -1.76. The minimum absolute atomic E-state index is 0.667. The van der Waals surface area contributed by atoms with Gasteiger partial charge in [-0.05, 0) is 6.26 Å². The quantitative estimate of drug-likeness (QED) is 0.589. The molecule has 0 aromatic rings. The molecule has 0 bridgehead atoms. The van der Waals surface area contributed by atoms with Crippen LogP contribution in [0.2, 0.25) is 0 Å². The average Bonchev–Trinajstić information content (AvgIpc) is 1.65. The predicted octanol–water partition coefficient (Wildman–Crippen LogP) is 0.730. The Morgan fingerprint density at radius 1 is 2.00 bits per heavy atom. The Hall–Kier alpha value is -0.250. The fourth-order valence-electron chi connectivity index (χ4n) is 0.101. The summed E-state index contributed by atoms with van der Waals surface area (Å²) >= 11 is 0.667. The molecule has 0 aromatic heterocycles. The van der Waals surface area contributed by atoms with E-state index in [9.17, 15) is 9.18 Å². The summed E-state index contributed by atoms with van der Waals surface area (Å²) in [5, 5.41) is 7.79. The number of alkyl halides is 1. The van der Waals surface area contributed by atoms with Gasteiger partial charge in [-0.2, -0.15) is 0 Å². The van der Waals surface area contributed by atoms with E-state index in [1.165, 1.54) is 6.26 Å². The third-order valence-corrected chi connectivity index (χ3v) is 1.02. The Labute approximate surface area is 44.7 Å². The smallest absolute Gasteiger partial charge is 0.348 e. The lowest BCUT2D eigenvalue weighted by Gasteiger charge is -1.92. The number of thioether (sulfide) groups is 1. The molecule has 1 unspecified atom stereocenters. The molecule has 0 amide bonds. The van der Waals surface area contributed by atoms with E-state index in [4.69, 9.17) is 5.11 Å². The van der Waals surface area contributed by atoms with Gasteiger partial charge in [0.2, 0.25) is 5.50 Å². The molecule has 1 atom stereocenters. The summed E-state index contributed by atoms with van der Waals surface area (Å²) in [4.78, 5) is 9.53. The first kappa shape index (κ1) is 6.75. The molecular formula is C3H5FO2S. The van der Waals surface area contributed by atoms with Gasteiger partial charge < -0.3 is 5.11 Å². The summed E-state index contributed by atoms with van der Waals surface area (Å²) in [6.07, 6.45) is 1.40. The summed E-state index contributed by atoms with van der Waals surface area (Å²) in [5.74, 6) is -1.41. The molecule has 42 valence electrons. The molecule has 0 saturated heterocycles. The number of halogens is 1. The van der Waals surface area contributed by atoms with Crippen LogP contribution >= 0.6 is 11.8 Å². The molecule has 0 fully saturated rings. The summed E-state index contributed by atoms with van der Waals surface area (Å²) in [7, 11) is 0. The minimum atomic E-state index is -1.76. The lowest BCUT2D eigenvalue weighted by atomic mass is 10.8. The van der Waals surface area contributed by atoms with E-state index in [-0.39, 0.29) is 0 Å². The van der Waals surface area contributed by atoms with Gasteiger partial charge in [0.05, 0.1) is 0 Å². The lowest BCUT2D eigenvalue weighted by Crippen LogP contribution is -2.08. The maximum absolute atomic E-state index is 11.6. The van der Waals surface area contributed by atoms with Crippen molar-refractivity contribution in [1.29, 1.82) is 0 Å². The highest BCUT2D eigenvalue weighted by atomic mass is 32.2. The Balaban J connectivity index is 3.34. The third-order valence-electron chi connectivity index (χ3n) is 0.401. The zero-order valence-electron chi connectivity index (χ0n) is 3.72. The van der Waals surface area contributed by atoms with Crippen molar-refractivity contribution < 1.29 is 14.3 Å². The highest BCUT2D eigenvalue weighted by Gasteiger charge is 2.11. The highest BCUT2D eigenvalue weighted by molar-refractivity contribution is 7.99. The van der Waals surface area contributed by atoms with Crippen LogP contribution in [-0.4, -0.2) is 22.8 Å². The van der Waals surface area contributed by atoms with E-state index >= 15 is 0 Å². The van der Waals surface area contributed by atoms with Crippen molar-refractivity contribution in [3.63, 3.8) is 0 Å². The van der Waals surface area contributed by atoms with Crippen LogP contribution in [0.3, 0.4) is 0 Å². The van der Waals surface area contributed by atoms with Gasteiger partial charge in [0.15, 0.2) is 0 Å². The fourth-order valence-corrected chi connectivity index (χ4v) is 0.302. The molecule has 0 aliphatic carbocycles. The second kappa shape index (κ2) is 2.85. The van der Waals surface area contributed by atoms with Crippen molar-refractivity contribution in [1.82, 2.24) is 0 Å². The van der Waals surface area contributed by atoms with E-state index in [0.29, 0.717) is 11.8 Å². The van der Waals surface area contributed by atoms with Gasteiger partial charge in [0.1, 0.15) is 0 Å². The summed E-state index contributed by atoms with van der Waals surface area (Å²) in [6, 6.07) is 0. The Bertz CT molecular complexity index is 75.3. The topological polar surface area (TPSA) is 37.3 Å². The van der Waals surface area contributed by atoms with E-state index in [2.05, 4.69) is 0 Å². The van der Waals surface area contributed by atoms with E-state index in [0.717, 1.165) is 0 Å². The van der Waals surface area contributed by atoms with Crippen molar-refractivity contribution in [3.8, 4) is 0 Å². The van der Waals surface area contributed by atoms with Crippen LogP contribution in [0.15, 0.2) is 0 Å². The molecular weight excluding hydrogens is 119 g/mol. The number of carbonyl (C=O) groups is 1. The fraction of sp³-hybridized carbons (Fsp3) is 0.667. The molecule has 0 rings (SSSR count). The first-order chi connectivity index (χ1) is 3.18. The number of carboxylic acids is 1. The monoisotopic (exact) mass is 124 g/mol. The van der Waals surface area contributed by atoms with Crippen molar-refractivity contribution >= 4 is 17.7 Å². The van der Waals surface area contributed by atoms with Gasteiger partial charge in [-0.3, -0.25) is 0 Å². The number of rotatable bonds is 2. The molecule has 0 radical (unpaired) electrons. The van der Waals surface area contributed by atoms with Gasteiger partial charge >= 0.3 is 5.97 Å². The van der Waals surface area contributed by atoms with E-state index in [1.807, 2.05) is 0 Å². The largest absolute Gasteiger partial charge is 0.478 e. The number of aliphatic carboxylic acids is 1. The third kappa shape index (κ3) is 2.45. The van der Waals surface area contributed by atoms with Gasteiger partial charge in [-0.15, -0.1) is 11.8 Å². The minimum Gasteiger partial charge on any atom is -0.478 e. The van der Waals surface area contributed by atoms with Crippen LogP contribution in [0.5, 0.6) is 0 Å². The normalized spacial score (nSPS) is 13.4. The van der Waals surface area contributed by atoms with Crippen molar-refractivity contribution in [2.75, 3.05) is 6.26 Å². The molecule has 0 heterocycles. The van der Waals surface area contributed by atoms with Gasteiger partial charge in [0.25, 0.3) is 0 Å². The van der Waals surface area contributed by atoms with Crippen LogP contribution in [-0.2, 0) is 4.79 Å². The number of hydrogen-bond donors (Lipinski definition) is 1. The van der Waals surface area contributed by atoms with Crippen LogP contribution in [0.1, 0.15) is 0 Å². The first-order valence-corrected chi connectivity index (χ1v) is 2.87. The molecule has 0 spiro atoms. The molecule has 2 nitrogen and oxygen atoms in total. The van der Waals surface area contributed by atoms with Crippen LogP contribution in [0, 0.1) is 0 Å². The summed E-state index contributed by atoms with van der Waals surface area (Å²) < 4.78 is 11.6. The summed E-state index contributed by atoms with van der Waals surface area (Å²) in [6.45, 7) is 0. The van der Waals surface area contributed by atoms with Crippen LogP contribution < -0.4 is 0 Å². The first-order valence-electron chi connectivity index (χ1n) is 1.58.